The first-order chi connectivity index (χ1) is 8.15. The monoisotopic (exact) mass is 240 g/mol. The van der Waals surface area contributed by atoms with Gasteiger partial charge in [-0.3, -0.25) is 0 Å². The number of nitrogens with one attached hydrogen (secondary N) is 1. The summed E-state index contributed by atoms with van der Waals surface area (Å²) in [6, 6.07) is 1.13. The Balaban J connectivity index is 2.00. The third kappa shape index (κ3) is 3.38. The van der Waals surface area contributed by atoms with E-state index < -0.39 is 11.6 Å². The molecule has 1 N–H and O–H groups in total. The van der Waals surface area contributed by atoms with Gasteiger partial charge in [-0.25, -0.2) is 13.8 Å². The number of aromatic nitrogens is 1. The smallest absolute Gasteiger partial charge is 0.168 e. The molecule has 2 nitrogen and oxygen atoms in total. The van der Waals surface area contributed by atoms with Crippen LogP contribution in [-0.2, 0) is 0 Å². The highest BCUT2D eigenvalue weighted by molar-refractivity contribution is 5.36. The lowest BCUT2D eigenvalue weighted by molar-refractivity contribution is 0.501. The number of nitrogens with zero attached hydrogens (tertiary/aromatic N) is 1. The first-order valence-electron chi connectivity index (χ1n) is 6.22. The Morgan fingerprint density at radius 3 is 2.82 bits per heavy atom. The maximum Gasteiger partial charge on any atom is 0.168 e. The fourth-order valence-corrected chi connectivity index (χ4v) is 2.35. The van der Waals surface area contributed by atoms with E-state index >= 15 is 0 Å². The summed E-state index contributed by atoms with van der Waals surface area (Å²) in [5, 5.41) is 3.08. The predicted molar refractivity (Wildman–Crippen MR) is 63.8 cm³/mol. The molecule has 2 atom stereocenters. The molecular weight excluding hydrogens is 222 g/mol. The van der Waals surface area contributed by atoms with Crippen molar-refractivity contribution in [2.24, 2.45) is 5.92 Å². The molecule has 1 aromatic rings. The van der Waals surface area contributed by atoms with E-state index in [0.717, 1.165) is 43.9 Å². The van der Waals surface area contributed by atoms with E-state index in [0.29, 0.717) is 0 Å². The number of rotatable bonds is 2. The van der Waals surface area contributed by atoms with Gasteiger partial charge in [-0.15, -0.1) is 0 Å². The Morgan fingerprint density at radius 2 is 2.06 bits per heavy atom. The Hall–Kier alpha value is -1.19. The fraction of sp³-hybridized carbons (Fsp3) is 0.615. The third-order valence-corrected chi connectivity index (χ3v) is 3.41. The van der Waals surface area contributed by atoms with E-state index in [1.807, 2.05) is 0 Å². The standard InChI is InChI=1S/C13H18F2N2/c1-9-3-2-4-11(6-5-9)17-13-12(15)7-10(14)8-16-13/h7-9,11H,2-6H2,1H3,(H,16,17). The van der Waals surface area contributed by atoms with Gasteiger partial charge in [0.15, 0.2) is 11.6 Å². The van der Waals surface area contributed by atoms with Crippen LogP contribution in [0.25, 0.3) is 0 Å². The van der Waals surface area contributed by atoms with Gasteiger partial charge in [-0.05, 0) is 25.2 Å². The van der Waals surface area contributed by atoms with Crippen molar-refractivity contribution in [1.82, 2.24) is 4.98 Å². The van der Waals surface area contributed by atoms with E-state index in [1.165, 1.54) is 6.42 Å². The molecule has 2 rings (SSSR count). The average molecular weight is 240 g/mol. The molecule has 2 unspecified atom stereocenters. The fourth-order valence-electron chi connectivity index (χ4n) is 2.35. The van der Waals surface area contributed by atoms with Crippen LogP contribution in [0.2, 0.25) is 0 Å². The van der Waals surface area contributed by atoms with Gasteiger partial charge in [0.05, 0.1) is 6.20 Å². The maximum absolute atomic E-state index is 13.4. The lowest BCUT2D eigenvalue weighted by Gasteiger charge is -2.17. The van der Waals surface area contributed by atoms with Crippen LogP contribution >= 0.6 is 0 Å². The van der Waals surface area contributed by atoms with Crippen molar-refractivity contribution in [3.8, 4) is 0 Å². The molecule has 1 fully saturated rings. The first-order valence-corrected chi connectivity index (χ1v) is 6.22. The molecule has 1 aromatic heterocycles. The lowest BCUT2D eigenvalue weighted by atomic mass is 10.0. The van der Waals surface area contributed by atoms with E-state index in [9.17, 15) is 8.78 Å². The summed E-state index contributed by atoms with van der Waals surface area (Å²) in [6.45, 7) is 2.25. The normalized spacial score (nSPS) is 25.4. The molecular formula is C13H18F2N2. The molecule has 1 aliphatic rings. The Bertz CT molecular complexity index is 382. The first kappa shape index (κ1) is 12.3. The Morgan fingerprint density at radius 1 is 1.24 bits per heavy atom. The molecule has 0 bridgehead atoms. The van der Waals surface area contributed by atoms with Crippen LogP contribution in [-0.4, -0.2) is 11.0 Å². The van der Waals surface area contributed by atoms with Gasteiger partial charge < -0.3 is 5.32 Å². The zero-order chi connectivity index (χ0) is 12.3. The lowest BCUT2D eigenvalue weighted by Crippen LogP contribution is -2.20. The molecule has 0 amide bonds. The van der Waals surface area contributed by atoms with Crippen LogP contribution in [0.1, 0.15) is 39.0 Å². The number of pyridine rings is 1. The predicted octanol–water partition coefficient (Wildman–Crippen LogP) is 3.74. The van der Waals surface area contributed by atoms with Crippen molar-refractivity contribution in [1.29, 1.82) is 0 Å². The minimum Gasteiger partial charge on any atom is -0.365 e. The number of anilines is 1. The van der Waals surface area contributed by atoms with Gasteiger partial charge >= 0.3 is 0 Å². The molecule has 4 heteroatoms. The molecule has 0 spiro atoms. The highest BCUT2D eigenvalue weighted by Gasteiger charge is 2.17. The van der Waals surface area contributed by atoms with E-state index in [4.69, 9.17) is 0 Å². The van der Waals surface area contributed by atoms with Gasteiger partial charge in [0.2, 0.25) is 0 Å². The molecule has 0 aliphatic heterocycles. The van der Waals surface area contributed by atoms with Crippen LogP contribution in [0.3, 0.4) is 0 Å². The van der Waals surface area contributed by atoms with Crippen LogP contribution in [0.5, 0.6) is 0 Å². The van der Waals surface area contributed by atoms with Gasteiger partial charge in [-0.2, -0.15) is 0 Å². The van der Waals surface area contributed by atoms with Crippen LogP contribution in [0.15, 0.2) is 12.3 Å². The zero-order valence-electron chi connectivity index (χ0n) is 10.0. The van der Waals surface area contributed by atoms with Crippen molar-refractivity contribution in [2.75, 3.05) is 5.32 Å². The highest BCUT2D eigenvalue weighted by Crippen LogP contribution is 2.25. The average Bonchev–Trinajstić information content (AvgIpc) is 2.48. The van der Waals surface area contributed by atoms with Crippen molar-refractivity contribution < 1.29 is 8.78 Å². The molecule has 0 aromatic carbocycles. The molecule has 0 radical (unpaired) electrons. The van der Waals surface area contributed by atoms with Gasteiger partial charge in [0.25, 0.3) is 0 Å². The summed E-state index contributed by atoms with van der Waals surface area (Å²) < 4.78 is 26.1. The van der Waals surface area contributed by atoms with Crippen LogP contribution in [0.4, 0.5) is 14.6 Å². The van der Waals surface area contributed by atoms with E-state index in [2.05, 4.69) is 17.2 Å². The zero-order valence-corrected chi connectivity index (χ0v) is 10.0. The second kappa shape index (κ2) is 5.43. The minimum absolute atomic E-state index is 0.172. The molecule has 17 heavy (non-hydrogen) atoms. The van der Waals surface area contributed by atoms with E-state index in [-0.39, 0.29) is 11.9 Å². The van der Waals surface area contributed by atoms with E-state index in [1.54, 1.807) is 0 Å². The summed E-state index contributed by atoms with van der Waals surface area (Å²) in [4.78, 5) is 3.76. The highest BCUT2D eigenvalue weighted by atomic mass is 19.1. The van der Waals surface area contributed by atoms with Gasteiger partial charge in [0, 0.05) is 12.1 Å². The molecule has 0 saturated heterocycles. The molecule has 1 aliphatic carbocycles. The molecule has 94 valence electrons. The largest absolute Gasteiger partial charge is 0.365 e. The summed E-state index contributed by atoms with van der Waals surface area (Å²) in [5.41, 5.74) is 0. The maximum atomic E-state index is 13.4. The third-order valence-electron chi connectivity index (χ3n) is 3.41. The quantitative estimate of drug-likeness (QED) is 0.796. The van der Waals surface area contributed by atoms with Crippen LogP contribution in [0, 0.1) is 17.6 Å². The van der Waals surface area contributed by atoms with Crippen LogP contribution < -0.4 is 5.32 Å². The van der Waals surface area contributed by atoms with Crippen molar-refractivity contribution in [2.45, 2.75) is 45.1 Å². The Labute approximate surface area is 100 Å². The minimum atomic E-state index is -0.637. The van der Waals surface area contributed by atoms with Gasteiger partial charge in [-0.1, -0.05) is 19.8 Å². The summed E-state index contributed by atoms with van der Waals surface area (Å²) in [5.74, 6) is -0.330. The van der Waals surface area contributed by atoms with Crippen molar-refractivity contribution >= 4 is 5.82 Å². The topological polar surface area (TPSA) is 24.9 Å². The number of hydrogen-bond acceptors (Lipinski definition) is 2. The SMILES string of the molecule is CC1CCCC(Nc2ncc(F)cc2F)CC1. The second-order valence-electron chi connectivity index (χ2n) is 4.94. The Kier molecular flexibility index (Phi) is 3.92. The number of hydrogen-bond donors (Lipinski definition) is 1. The molecule has 1 saturated carbocycles. The van der Waals surface area contributed by atoms with Gasteiger partial charge in [0.1, 0.15) is 5.82 Å². The van der Waals surface area contributed by atoms with Crippen molar-refractivity contribution in [3.63, 3.8) is 0 Å². The summed E-state index contributed by atoms with van der Waals surface area (Å²) in [7, 11) is 0. The number of halogens is 2. The second-order valence-corrected chi connectivity index (χ2v) is 4.94. The molecule has 1 heterocycles. The summed E-state index contributed by atoms with van der Waals surface area (Å²) >= 11 is 0. The summed E-state index contributed by atoms with van der Waals surface area (Å²) in [6.07, 6.45) is 6.65. The van der Waals surface area contributed by atoms with Crippen molar-refractivity contribution in [3.05, 3.63) is 23.9 Å².